The molecule has 0 aliphatic rings. The molecule has 0 aromatic carbocycles. The first kappa shape index (κ1) is 13.4. The molecule has 1 rings (SSSR count). The van der Waals surface area contributed by atoms with Crippen LogP contribution in [0.15, 0.2) is 11.0 Å². The summed E-state index contributed by atoms with van der Waals surface area (Å²) in [4.78, 5) is 23.9. The Bertz CT molecular complexity index is 497. The number of aromatic amines is 1. The highest BCUT2D eigenvalue weighted by atomic mass is 35.5. The van der Waals surface area contributed by atoms with Gasteiger partial charge in [0.05, 0.1) is 12.7 Å². The Morgan fingerprint density at radius 2 is 2.00 bits per heavy atom. The summed E-state index contributed by atoms with van der Waals surface area (Å²) in [6.45, 7) is 0. The summed E-state index contributed by atoms with van der Waals surface area (Å²) in [5.74, 6) is -1.85. The van der Waals surface area contributed by atoms with Crippen molar-refractivity contribution in [1.82, 2.24) is 4.98 Å². The number of methoxy groups -OCH3 is 1. The molecule has 0 bridgehead atoms. The minimum Gasteiger partial charge on any atom is -0.492 e. The van der Waals surface area contributed by atoms with Gasteiger partial charge in [-0.15, -0.1) is 13.2 Å². The SMILES string of the molecule is COc1c(C(=O)Cl)c[nH]c(=O)c1OC(F)(F)F. The topological polar surface area (TPSA) is 68.4 Å². The fourth-order valence-corrected chi connectivity index (χ4v) is 1.19. The van der Waals surface area contributed by atoms with Gasteiger partial charge in [-0.2, -0.15) is 0 Å². The summed E-state index contributed by atoms with van der Waals surface area (Å²) in [5.41, 5.74) is -1.63. The number of ether oxygens (including phenoxy) is 2. The third-order valence-corrected chi connectivity index (χ3v) is 1.84. The summed E-state index contributed by atoms with van der Waals surface area (Å²) in [6.07, 6.45) is -4.26. The first-order valence-corrected chi connectivity index (χ1v) is 4.39. The minimum atomic E-state index is -5.09. The molecule has 17 heavy (non-hydrogen) atoms. The molecule has 0 amide bonds. The highest BCUT2D eigenvalue weighted by Crippen LogP contribution is 2.31. The van der Waals surface area contributed by atoms with Crippen LogP contribution in [0.25, 0.3) is 0 Å². The van der Waals surface area contributed by atoms with Gasteiger partial charge in [0.1, 0.15) is 0 Å². The lowest BCUT2D eigenvalue weighted by Crippen LogP contribution is -2.24. The van der Waals surface area contributed by atoms with Crippen LogP contribution in [0.3, 0.4) is 0 Å². The third-order valence-electron chi connectivity index (χ3n) is 1.64. The van der Waals surface area contributed by atoms with E-state index in [2.05, 4.69) is 9.47 Å². The van der Waals surface area contributed by atoms with Gasteiger partial charge < -0.3 is 14.5 Å². The molecule has 0 saturated heterocycles. The second-order valence-corrected chi connectivity index (χ2v) is 3.06. The van der Waals surface area contributed by atoms with Gasteiger partial charge in [0.2, 0.25) is 5.75 Å². The first-order chi connectivity index (χ1) is 7.76. The van der Waals surface area contributed by atoms with Gasteiger partial charge in [0, 0.05) is 6.20 Å². The molecule has 0 unspecified atom stereocenters. The zero-order valence-corrected chi connectivity index (χ0v) is 8.98. The van der Waals surface area contributed by atoms with Gasteiger partial charge in [0.15, 0.2) is 5.75 Å². The standard InChI is InChI=1S/C8H5ClF3NO4/c1-16-4-3(6(9)14)2-13-7(15)5(4)17-8(10,11)12/h2H,1H3,(H,13,15). The fraction of sp³-hybridized carbons (Fsp3) is 0.250. The van der Waals surface area contributed by atoms with Crippen molar-refractivity contribution in [2.45, 2.75) is 6.36 Å². The number of H-pyrrole nitrogens is 1. The Morgan fingerprint density at radius 1 is 1.41 bits per heavy atom. The van der Waals surface area contributed by atoms with Crippen molar-refractivity contribution >= 4 is 16.8 Å². The van der Waals surface area contributed by atoms with E-state index in [0.29, 0.717) is 0 Å². The van der Waals surface area contributed by atoms with Crippen LogP contribution in [-0.2, 0) is 0 Å². The number of hydrogen-bond donors (Lipinski definition) is 1. The van der Waals surface area contributed by atoms with Crippen LogP contribution in [0.4, 0.5) is 13.2 Å². The van der Waals surface area contributed by atoms with Crippen molar-refractivity contribution in [2.24, 2.45) is 0 Å². The van der Waals surface area contributed by atoms with E-state index >= 15 is 0 Å². The van der Waals surface area contributed by atoms with Crippen LogP contribution >= 0.6 is 11.6 Å². The van der Waals surface area contributed by atoms with Gasteiger partial charge in [0.25, 0.3) is 10.8 Å². The number of carbonyl (C=O) groups is 1. The van der Waals surface area contributed by atoms with Crippen LogP contribution in [0.5, 0.6) is 11.5 Å². The van der Waals surface area contributed by atoms with Crippen molar-refractivity contribution in [2.75, 3.05) is 7.11 Å². The highest BCUT2D eigenvalue weighted by Gasteiger charge is 2.35. The number of alkyl halides is 3. The highest BCUT2D eigenvalue weighted by molar-refractivity contribution is 6.68. The van der Waals surface area contributed by atoms with Crippen molar-refractivity contribution in [1.29, 1.82) is 0 Å². The monoisotopic (exact) mass is 271 g/mol. The van der Waals surface area contributed by atoms with E-state index in [4.69, 9.17) is 11.6 Å². The molecule has 0 aliphatic heterocycles. The van der Waals surface area contributed by atoms with Gasteiger partial charge in [-0.3, -0.25) is 9.59 Å². The van der Waals surface area contributed by atoms with Crippen LogP contribution in [0.2, 0.25) is 0 Å². The number of pyridine rings is 1. The summed E-state index contributed by atoms with van der Waals surface area (Å²) in [7, 11) is 0.974. The molecule has 1 heterocycles. The smallest absolute Gasteiger partial charge is 0.492 e. The van der Waals surface area contributed by atoms with Gasteiger partial charge in [-0.25, -0.2) is 0 Å². The van der Waals surface area contributed by atoms with Crippen molar-refractivity contribution in [3.63, 3.8) is 0 Å². The maximum atomic E-state index is 12.0. The maximum absolute atomic E-state index is 12.0. The first-order valence-electron chi connectivity index (χ1n) is 4.01. The van der Waals surface area contributed by atoms with E-state index in [9.17, 15) is 22.8 Å². The molecule has 9 heteroatoms. The average molecular weight is 272 g/mol. The van der Waals surface area contributed by atoms with E-state index in [1.807, 2.05) is 4.98 Å². The predicted octanol–water partition coefficient (Wildman–Crippen LogP) is 1.66. The fourth-order valence-electron chi connectivity index (χ4n) is 1.05. The average Bonchev–Trinajstić information content (AvgIpc) is 2.18. The lowest BCUT2D eigenvalue weighted by atomic mass is 10.2. The summed E-state index contributed by atoms with van der Waals surface area (Å²) >= 11 is 5.10. The molecule has 0 radical (unpaired) electrons. The number of hydrogen-bond acceptors (Lipinski definition) is 4. The Morgan fingerprint density at radius 3 is 2.41 bits per heavy atom. The van der Waals surface area contributed by atoms with Crippen LogP contribution in [-0.4, -0.2) is 23.7 Å². The second kappa shape index (κ2) is 4.66. The number of aromatic nitrogens is 1. The zero-order valence-electron chi connectivity index (χ0n) is 8.22. The van der Waals surface area contributed by atoms with Gasteiger partial charge in [-0.05, 0) is 11.6 Å². The molecular weight excluding hydrogens is 267 g/mol. The number of rotatable bonds is 3. The Balaban J connectivity index is 3.41. The minimum absolute atomic E-state index is 0.437. The molecule has 1 aromatic rings. The molecule has 0 atom stereocenters. The summed E-state index contributed by atoms with van der Waals surface area (Å²) < 4.78 is 44.0. The lowest BCUT2D eigenvalue weighted by molar-refractivity contribution is -0.275. The predicted molar refractivity (Wildman–Crippen MR) is 50.5 cm³/mol. The Kier molecular flexibility index (Phi) is 3.66. The van der Waals surface area contributed by atoms with E-state index < -0.39 is 34.2 Å². The van der Waals surface area contributed by atoms with Gasteiger partial charge in [-0.1, -0.05) is 0 Å². The number of nitrogens with one attached hydrogen (secondary N) is 1. The van der Waals surface area contributed by atoms with Crippen molar-refractivity contribution in [3.05, 3.63) is 22.1 Å². The number of carbonyl (C=O) groups excluding carboxylic acids is 1. The van der Waals surface area contributed by atoms with E-state index in [-0.39, 0.29) is 0 Å². The second-order valence-electron chi connectivity index (χ2n) is 2.72. The molecule has 0 spiro atoms. The maximum Gasteiger partial charge on any atom is 0.573 e. The largest absolute Gasteiger partial charge is 0.573 e. The molecule has 0 saturated carbocycles. The third kappa shape index (κ3) is 3.13. The van der Waals surface area contributed by atoms with E-state index in [1.54, 1.807) is 0 Å². The molecule has 5 nitrogen and oxygen atoms in total. The van der Waals surface area contributed by atoms with Gasteiger partial charge >= 0.3 is 6.36 Å². The molecular formula is C8H5ClF3NO4. The van der Waals surface area contributed by atoms with Crippen molar-refractivity contribution < 1.29 is 27.4 Å². The normalized spacial score (nSPS) is 11.1. The van der Waals surface area contributed by atoms with Crippen molar-refractivity contribution in [3.8, 4) is 11.5 Å². The lowest BCUT2D eigenvalue weighted by Gasteiger charge is -2.12. The Labute approximate surface area is 97.1 Å². The van der Waals surface area contributed by atoms with Crippen LogP contribution < -0.4 is 15.0 Å². The number of halogens is 4. The summed E-state index contributed by atoms with van der Waals surface area (Å²) in [6, 6.07) is 0. The molecule has 1 aromatic heterocycles. The molecule has 0 fully saturated rings. The zero-order chi connectivity index (χ0) is 13.2. The molecule has 0 aliphatic carbocycles. The quantitative estimate of drug-likeness (QED) is 0.849. The van der Waals surface area contributed by atoms with Crippen LogP contribution in [0, 0.1) is 0 Å². The van der Waals surface area contributed by atoms with Crippen LogP contribution in [0.1, 0.15) is 10.4 Å². The van der Waals surface area contributed by atoms with E-state index in [1.165, 1.54) is 0 Å². The van der Waals surface area contributed by atoms with E-state index in [0.717, 1.165) is 13.3 Å². The summed E-state index contributed by atoms with van der Waals surface area (Å²) in [5, 5.41) is -1.09. The Hall–Kier alpha value is -1.70. The molecule has 1 N–H and O–H groups in total. The molecule has 94 valence electrons.